The molecule has 10 rings (SSSR count). The highest BCUT2D eigenvalue weighted by Gasteiger charge is 2.35. The molecule has 56 heavy (non-hydrogen) atoms. The smallest absolute Gasteiger partial charge is 0.0629 e. The van der Waals surface area contributed by atoms with E-state index in [1.807, 2.05) is 36.4 Å². The second-order valence-electron chi connectivity index (χ2n) is 14.6. The van der Waals surface area contributed by atoms with Gasteiger partial charge < -0.3 is 4.90 Å². The summed E-state index contributed by atoms with van der Waals surface area (Å²) in [5.74, 6) is 0. The maximum atomic E-state index is 8.60. The van der Waals surface area contributed by atoms with Crippen LogP contribution in [0.2, 0.25) is 0 Å². The molecule has 9 aromatic carbocycles. The molecule has 0 saturated carbocycles. The van der Waals surface area contributed by atoms with Gasteiger partial charge in [0.15, 0.2) is 0 Å². The second-order valence-corrected chi connectivity index (χ2v) is 14.6. The lowest BCUT2D eigenvalue weighted by Gasteiger charge is -2.28. The maximum absolute atomic E-state index is 8.60. The van der Waals surface area contributed by atoms with Gasteiger partial charge in [0.05, 0.1) is 19.4 Å². The molecule has 0 fully saturated rings. The minimum Gasteiger partial charge on any atom is -0.310 e. The van der Waals surface area contributed by atoms with Crippen LogP contribution in [0.25, 0.3) is 66.4 Å². The highest BCUT2D eigenvalue weighted by Crippen LogP contribution is 2.50. The zero-order chi connectivity index (χ0) is 46.3. The first-order valence-corrected chi connectivity index (χ1v) is 18.7. The third kappa shape index (κ3) is 5.81. The van der Waals surface area contributed by atoms with Gasteiger partial charge in [-0.1, -0.05) is 190 Å². The number of anilines is 3. The summed E-state index contributed by atoms with van der Waals surface area (Å²) in [5.41, 5.74) is 12.9. The Balaban J connectivity index is 1.07. The largest absolute Gasteiger partial charge is 0.310 e. The van der Waals surface area contributed by atoms with Crippen molar-refractivity contribution in [1.29, 1.82) is 0 Å². The average Bonchev–Trinajstić information content (AvgIpc) is 3.57. The lowest BCUT2D eigenvalue weighted by Crippen LogP contribution is -2.14. The molecule has 0 bridgehead atoms. The van der Waals surface area contributed by atoms with Crippen LogP contribution in [0.3, 0.4) is 0 Å². The SMILES string of the molecule is [2H]c1c([2H])c([2H])c(-c2ccc(N(c3ccc(-c4c([2H])c([2H])c([2H])c([2H])c4[2H])cc3)c3ccc(-c4ccc(-c5ccc6c(c5)C(C)(C)c5ccccc5-6)cc4)c4ccccc34)cc2)c([2H])c1[2H]. The van der Waals surface area contributed by atoms with Crippen LogP contribution in [0.5, 0.6) is 0 Å². The lowest BCUT2D eigenvalue weighted by atomic mass is 9.81. The molecule has 266 valence electrons. The summed E-state index contributed by atoms with van der Waals surface area (Å²) < 4.78 is 83.6. The quantitative estimate of drug-likeness (QED) is 0.158. The Morgan fingerprint density at radius 1 is 0.375 bits per heavy atom. The Bertz CT molecular complexity index is 3260. The molecule has 1 aliphatic rings. The predicted molar refractivity (Wildman–Crippen MR) is 238 cm³/mol. The third-order valence-electron chi connectivity index (χ3n) is 11.1. The molecule has 0 aromatic heterocycles. The van der Waals surface area contributed by atoms with Crippen molar-refractivity contribution < 1.29 is 13.7 Å². The number of hydrogen-bond acceptors (Lipinski definition) is 1. The summed E-state index contributed by atoms with van der Waals surface area (Å²) in [5, 5.41) is 1.96. The molecule has 1 nitrogen and oxygen atoms in total. The van der Waals surface area contributed by atoms with E-state index in [0.717, 1.165) is 38.7 Å². The molecule has 9 aromatic rings. The molecule has 1 aliphatic carbocycles. The van der Waals surface area contributed by atoms with Crippen molar-refractivity contribution in [3.8, 4) is 55.6 Å². The number of benzene rings is 9. The van der Waals surface area contributed by atoms with Gasteiger partial charge in [-0.3, -0.25) is 0 Å². The van der Waals surface area contributed by atoms with E-state index in [1.165, 1.54) is 22.3 Å². The predicted octanol–water partition coefficient (Wildman–Crippen LogP) is 15.3. The normalized spacial score (nSPS) is 15.1. The van der Waals surface area contributed by atoms with E-state index >= 15 is 0 Å². The molecule has 0 aliphatic heterocycles. The highest BCUT2D eigenvalue weighted by molar-refractivity contribution is 6.06. The van der Waals surface area contributed by atoms with Crippen LogP contribution in [0.15, 0.2) is 212 Å². The Hall–Kier alpha value is -6.96. The molecular weight excluding hydrogens is 675 g/mol. The van der Waals surface area contributed by atoms with E-state index in [9.17, 15) is 0 Å². The number of fused-ring (bicyclic) bond motifs is 4. The van der Waals surface area contributed by atoms with E-state index in [-0.39, 0.29) is 40.7 Å². The van der Waals surface area contributed by atoms with Crippen molar-refractivity contribution >= 4 is 27.8 Å². The van der Waals surface area contributed by atoms with E-state index in [0.29, 0.717) is 22.5 Å². The molecule has 0 unspecified atom stereocenters. The van der Waals surface area contributed by atoms with E-state index in [1.54, 1.807) is 24.3 Å². The Morgan fingerprint density at radius 2 is 0.839 bits per heavy atom. The summed E-state index contributed by atoms with van der Waals surface area (Å²) in [6, 6.07) is 47.2. The Labute approximate surface area is 343 Å². The molecular formula is C55H41N. The van der Waals surface area contributed by atoms with Crippen molar-refractivity contribution in [2.24, 2.45) is 0 Å². The summed E-state index contributed by atoms with van der Waals surface area (Å²) >= 11 is 0. The molecule has 0 saturated heterocycles. The Morgan fingerprint density at radius 3 is 1.46 bits per heavy atom. The summed E-state index contributed by atoms with van der Waals surface area (Å²) in [7, 11) is 0. The lowest BCUT2D eigenvalue weighted by molar-refractivity contribution is 0.660. The van der Waals surface area contributed by atoms with Crippen molar-refractivity contribution in [3.63, 3.8) is 0 Å². The zero-order valence-electron chi connectivity index (χ0n) is 40.9. The van der Waals surface area contributed by atoms with E-state index in [2.05, 4.69) is 110 Å². The van der Waals surface area contributed by atoms with Gasteiger partial charge in [0.1, 0.15) is 0 Å². The van der Waals surface area contributed by atoms with Crippen molar-refractivity contribution in [1.82, 2.24) is 0 Å². The first kappa shape index (κ1) is 24.4. The zero-order valence-corrected chi connectivity index (χ0v) is 30.9. The maximum Gasteiger partial charge on any atom is 0.0629 e. The topological polar surface area (TPSA) is 3.24 Å². The van der Waals surface area contributed by atoms with Crippen molar-refractivity contribution in [2.45, 2.75) is 19.3 Å². The fourth-order valence-corrected chi connectivity index (χ4v) is 8.23. The number of nitrogens with zero attached hydrogens (tertiary/aromatic N) is 1. The van der Waals surface area contributed by atoms with Crippen LogP contribution < -0.4 is 4.90 Å². The van der Waals surface area contributed by atoms with Gasteiger partial charge in [-0.05, 0) is 109 Å². The minimum absolute atomic E-state index is 0.102. The monoisotopic (exact) mass is 725 g/mol. The van der Waals surface area contributed by atoms with E-state index < -0.39 is 36.3 Å². The standard InChI is InChI=1S/C55H41N/c1-55(2)52-20-12-11-18-49(52)50-34-29-44(37-53(50)55)42-21-23-43(24-22-42)47-35-36-54(51-19-10-9-17-48(47)51)56(45-30-25-40(26-31-45)38-13-5-3-6-14-38)46-32-27-41(28-33-46)39-15-7-4-8-16-39/h3-37H,1-2H3/i3D,4D,5D,6D,7D,8D,13D,14D,15D,16D. The van der Waals surface area contributed by atoms with Crippen LogP contribution in [0.1, 0.15) is 38.7 Å². The van der Waals surface area contributed by atoms with Gasteiger partial charge in [0, 0.05) is 22.2 Å². The minimum atomic E-state index is -0.454. The van der Waals surface area contributed by atoms with Gasteiger partial charge in [0.2, 0.25) is 0 Å². The van der Waals surface area contributed by atoms with Gasteiger partial charge in [-0.25, -0.2) is 0 Å². The van der Waals surface area contributed by atoms with Crippen LogP contribution in [0, 0.1) is 0 Å². The molecule has 0 radical (unpaired) electrons. The molecule has 1 heteroatoms. The van der Waals surface area contributed by atoms with Crippen LogP contribution >= 0.6 is 0 Å². The first-order valence-electron chi connectivity index (χ1n) is 23.7. The fraction of sp³-hybridized carbons (Fsp3) is 0.0545. The fourth-order valence-electron chi connectivity index (χ4n) is 8.23. The number of rotatable bonds is 7. The van der Waals surface area contributed by atoms with E-state index in [4.69, 9.17) is 13.7 Å². The summed E-state index contributed by atoms with van der Waals surface area (Å²) in [6.07, 6.45) is 0. The summed E-state index contributed by atoms with van der Waals surface area (Å²) in [4.78, 5) is 2.06. The first-order chi connectivity index (χ1) is 31.7. The van der Waals surface area contributed by atoms with Gasteiger partial charge >= 0.3 is 0 Å². The van der Waals surface area contributed by atoms with Gasteiger partial charge in [0.25, 0.3) is 0 Å². The third-order valence-corrected chi connectivity index (χ3v) is 11.1. The van der Waals surface area contributed by atoms with Gasteiger partial charge in [-0.15, -0.1) is 0 Å². The molecule has 0 N–H and O–H groups in total. The molecule has 0 spiro atoms. The molecule has 0 atom stereocenters. The molecule has 0 heterocycles. The van der Waals surface area contributed by atoms with Crippen LogP contribution in [0.4, 0.5) is 17.1 Å². The second kappa shape index (κ2) is 13.7. The van der Waals surface area contributed by atoms with Crippen LogP contribution in [-0.4, -0.2) is 0 Å². The van der Waals surface area contributed by atoms with Crippen molar-refractivity contribution in [3.05, 3.63) is 223 Å². The average molecular weight is 726 g/mol. The summed E-state index contributed by atoms with van der Waals surface area (Å²) in [6.45, 7) is 4.58. The van der Waals surface area contributed by atoms with Crippen LogP contribution in [-0.2, 0) is 5.41 Å². The van der Waals surface area contributed by atoms with Gasteiger partial charge in [-0.2, -0.15) is 0 Å². The number of hydrogen-bond donors (Lipinski definition) is 0. The Kier molecular flexibility index (Phi) is 5.99. The highest BCUT2D eigenvalue weighted by atomic mass is 15.1. The molecule has 0 amide bonds. The van der Waals surface area contributed by atoms with Crippen molar-refractivity contribution in [2.75, 3.05) is 4.90 Å².